The number of aromatic nitrogens is 3. The molecule has 0 saturated heterocycles. The second kappa shape index (κ2) is 11.7. The lowest BCUT2D eigenvalue weighted by Gasteiger charge is -2.11. The SMILES string of the molecule is Brc1ccc(-c2ccc(-n3c4ccc(-c5ccc6c(c5)oc5ccccc56)cc4c4cc(-c5ccc6c(c5)oc5ccccc56)ccc43)cc2)c2nsnc12. The molecule has 0 aliphatic heterocycles. The highest BCUT2D eigenvalue weighted by Gasteiger charge is 2.18. The van der Waals surface area contributed by atoms with Gasteiger partial charge in [0, 0.05) is 48.0 Å². The van der Waals surface area contributed by atoms with Crippen molar-refractivity contribution >= 4 is 104 Å². The second-order valence-electron chi connectivity index (χ2n) is 14.0. The van der Waals surface area contributed by atoms with E-state index in [0.29, 0.717) is 0 Å². The zero-order valence-corrected chi connectivity index (χ0v) is 31.4. The summed E-state index contributed by atoms with van der Waals surface area (Å²) in [5.41, 5.74) is 15.4. The Morgan fingerprint density at radius 1 is 0.418 bits per heavy atom. The molecule has 4 heterocycles. The van der Waals surface area contributed by atoms with E-state index in [2.05, 4.69) is 157 Å². The molecule has 0 N–H and O–H groups in total. The number of hydrogen-bond acceptors (Lipinski definition) is 5. The van der Waals surface area contributed by atoms with Crippen molar-refractivity contribution in [2.45, 2.75) is 0 Å². The minimum absolute atomic E-state index is 0.888. The van der Waals surface area contributed by atoms with Gasteiger partial charge in [-0.2, -0.15) is 8.75 Å². The van der Waals surface area contributed by atoms with Gasteiger partial charge in [0.15, 0.2) is 0 Å². The molecule has 0 aliphatic carbocycles. The van der Waals surface area contributed by atoms with E-state index in [1.807, 2.05) is 30.3 Å². The van der Waals surface area contributed by atoms with Crippen molar-refractivity contribution in [1.29, 1.82) is 0 Å². The summed E-state index contributed by atoms with van der Waals surface area (Å²) in [6, 6.07) is 56.1. The van der Waals surface area contributed by atoms with E-state index in [4.69, 9.17) is 8.83 Å². The molecule has 12 rings (SSSR count). The topological polar surface area (TPSA) is 57.0 Å². The largest absolute Gasteiger partial charge is 0.456 e. The Labute approximate surface area is 326 Å². The van der Waals surface area contributed by atoms with Crippen LogP contribution in [-0.4, -0.2) is 13.3 Å². The maximum Gasteiger partial charge on any atom is 0.136 e. The van der Waals surface area contributed by atoms with Gasteiger partial charge in [0.05, 0.1) is 22.8 Å². The first-order valence-corrected chi connectivity index (χ1v) is 19.6. The highest BCUT2D eigenvalue weighted by atomic mass is 79.9. The fraction of sp³-hybridized carbons (Fsp3) is 0. The normalized spacial score (nSPS) is 12.1. The van der Waals surface area contributed by atoms with Crippen LogP contribution in [0.5, 0.6) is 0 Å². The summed E-state index contributed by atoms with van der Waals surface area (Å²) in [5, 5.41) is 6.87. The van der Waals surface area contributed by atoms with Crippen molar-refractivity contribution in [3.63, 3.8) is 0 Å². The van der Waals surface area contributed by atoms with Crippen LogP contribution in [0.4, 0.5) is 0 Å². The number of hydrogen-bond donors (Lipinski definition) is 0. The quantitative estimate of drug-likeness (QED) is 0.178. The van der Waals surface area contributed by atoms with Crippen LogP contribution >= 0.6 is 27.7 Å². The Balaban J connectivity index is 1.04. The zero-order chi connectivity index (χ0) is 36.2. The van der Waals surface area contributed by atoms with Crippen LogP contribution in [0.25, 0.3) is 116 Å². The average Bonchev–Trinajstić information content (AvgIpc) is 4.02. The van der Waals surface area contributed by atoms with E-state index in [-0.39, 0.29) is 0 Å². The van der Waals surface area contributed by atoms with Gasteiger partial charge in [0.1, 0.15) is 33.4 Å². The molecule has 0 aliphatic rings. The molecule has 55 heavy (non-hydrogen) atoms. The van der Waals surface area contributed by atoms with E-state index in [1.165, 1.54) is 22.5 Å². The van der Waals surface area contributed by atoms with Crippen molar-refractivity contribution in [2.24, 2.45) is 0 Å². The standard InChI is InChI=1S/C48H26BrN3O2S/c49-40-20-19-33(47-48(40)51-55-50-47)27-9-15-32(16-10-27)52-41-21-13-28(30-11-17-36-34-5-1-3-7-43(34)53-45(36)25-30)23-38(41)39-24-29(14-22-42(39)52)31-12-18-37-35-6-2-4-8-44(35)54-46(37)26-31/h1-26H. The zero-order valence-electron chi connectivity index (χ0n) is 29.0. The first-order chi connectivity index (χ1) is 27.1. The summed E-state index contributed by atoms with van der Waals surface area (Å²) < 4.78 is 25.0. The van der Waals surface area contributed by atoms with Gasteiger partial charge >= 0.3 is 0 Å². The van der Waals surface area contributed by atoms with Crippen LogP contribution in [-0.2, 0) is 0 Å². The van der Waals surface area contributed by atoms with E-state index in [0.717, 1.165) is 109 Å². The Bertz CT molecular complexity index is 3350. The van der Waals surface area contributed by atoms with Crippen molar-refractivity contribution in [3.05, 3.63) is 162 Å². The number of furan rings is 2. The summed E-state index contributed by atoms with van der Waals surface area (Å²) in [7, 11) is 0. The lowest BCUT2D eigenvalue weighted by molar-refractivity contribution is 0.668. The van der Waals surface area contributed by atoms with Crippen LogP contribution in [0.1, 0.15) is 0 Å². The monoisotopic (exact) mass is 787 g/mol. The van der Waals surface area contributed by atoms with E-state index >= 15 is 0 Å². The van der Waals surface area contributed by atoms with Gasteiger partial charge in [-0.25, -0.2) is 0 Å². The minimum Gasteiger partial charge on any atom is -0.456 e. The first-order valence-electron chi connectivity index (χ1n) is 18.1. The highest BCUT2D eigenvalue weighted by Crippen LogP contribution is 2.40. The Morgan fingerprint density at radius 3 is 1.51 bits per heavy atom. The minimum atomic E-state index is 0.888. The van der Waals surface area contributed by atoms with Crippen LogP contribution in [0.15, 0.2) is 171 Å². The van der Waals surface area contributed by atoms with Crippen LogP contribution in [0.3, 0.4) is 0 Å². The molecule has 0 spiro atoms. The molecule has 0 amide bonds. The Hall–Kier alpha value is -6.54. The number of rotatable bonds is 4. The summed E-state index contributed by atoms with van der Waals surface area (Å²) >= 11 is 4.87. The van der Waals surface area contributed by atoms with E-state index < -0.39 is 0 Å². The molecule has 0 unspecified atom stereocenters. The van der Waals surface area contributed by atoms with Gasteiger partial charge < -0.3 is 13.4 Å². The molecule has 0 saturated carbocycles. The van der Waals surface area contributed by atoms with Gasteiger partial charge in [0.25, 0.3) is 0 Å². The molecule has 0 fully saturated rings. The average molecular weight is 789 g/mol. The third-order valence-corrected chi connectivity index (χ3v) is 12.2. The van der Waals surface area contributed by atoms with Crippen molar-refractivity contribution < 1.29 is 8.83 Å². The second-order valence-corrected chi connectivity index (χ2v) is 15.4. The maximum absolute atomic E-state index is 6.29. The summed E-state index contributed by atoms with van der Waals surface area (Å²) in [5.74, 6) is 0. The lowest BCUT2D eigenvalue weighted by atomic mass is 9.99. The number of fused-ring (bicyclic) bond motifs is 10. The van der Waals surface area contributed by atoms with Crippen LogP contribution in [0, 0.1) is 0 Å². The van der Waals surface area contributed by atoms with Gasteiger partial charge in [-0.15, -0.1) is 0 Å². The van der Waals surface area contributed by atoms with Gasteiger partial charge in [-0.05, 0) is 123 Å². The van der Waals surface area contributed by atoms with Crippen LogP contribution in [0.2, 0.25) is 0 Å². The van der Waals surface area contributed by atoms with Gasteiger partial charge in [0.2, 0.25) is 0 Å². The van der Waals surface area contributed by atoms with E-state index in [1.54, 1.807) is 0 Å². The molecule has 12 aromatic rings. The molecule has 0 bridgehead atoms. The van der Waals surface area contributed by atoms with Gasteiger partial charge in [-0.3, -0.25) is 0 Å². The molecular formula is C48H26BrN3O2S. The molecule has 7 heteroatoms. The Morgan fingerprint density at radius 2 is 0.909 bits per heavy atom. The summed E-state index contributed by atoms with van der Waals surface area (Å²) in [6.45, 7) is 0. The molecule has 4 aromatic heterocycles. The van der Waals surface area contributed by atoms with Crippen LogP contribution < -0.4 is 0 Å². The van der Waals surface area contributed by atoms with Crippen molar-refractivity contribution in [1.82, 2.24) is 13.3 Å². The fourth-order valence-electron chi connectivity index (χ4n) is 8.33. The van der Waals surface area contributed by atoms with E-state index in [9.17, 15) is 0 Å². The molecule has 5 nitrogen and oxygen atoms in total. The molecule has 0 radical (unpaired) electrons. The lowest BCUT2D eigenvalue weighted by Crippen LogP contribution is -1.94. The highest BCUT2D eigenvalue weighted by molar-refractivity contribution is 9.10. The third kappa shape index (κ3) is 4.70. The van der Waals surface area contributed by atoms with Gasteiger partial charge in [-0.1, -0.05) is 78.9 Å². The smallest absolute Gasteiger partial charge is 0.136 e. The number of nitrogens with zero attached hydrogens (tertiary/aromatic N) is 3. The maximum atomic E-state index is 6.29. The van der Waals surface area contributed by atoms with Crippen molar-refractivity contribution in [3.8, 4) is 39.1 Å². The third-order valence-electron chi connectivity index (χ3n) is 11.0. The predicted octanol–water partition coefficient (Wildman–Crippen LogP) is 14.4. The summed E-state index contributed by atoms with van der Waals surface area (Å²) in [6.07, 6.45) is 0. The Kier molecular flexibility index (Phi) is 6.58. The fourth-order valence-corrected chi connectivity index (χ4v) is 9.43. The number of benzene rings is 8. The molecule has 0 atom stereocenters. The molecular weight excluding hydrogens is 763 g/mol. The number of para-hydroxylation sites is 2. The first kappa shape index (κ1) is 30.9. The predicted molar refractivity (Wildman–Crippen MR) is 230 cm³/mol. The molecule has 258 valence electrons. The van der Waals surface area contributed by atoms with Crippen molar-refractivity contribution in [2.75, 3.05) is 0 Å². The number of halogens is 1. The molecule has 8 aromatic carbocycles. The summed E-state index contributed by atoms with van der Waals surface area (Å²) in [4.78, 5) is 0.